The lowest BCUT2D eigenvalue weighted by Crippen LogP contribution is -2.45. The summed E-state index contributed by atoms with van der Waals surface area (Å²) < 4.78 is 6.00. The first-order chi connectivity index (χ1) is 10.6. The molecule has 2 aliphatic rings. The molecule has 2 saturated heterocycles. The normalized spacial score (nSPS) is 28.0. The van der Waals surface area contributed by atoms with Gasteiger partial charge in [-0.1, -0.05) is 44.2 Å². The molecule has 4 nitrogen and oxygen atoms in total. The minimum atomic E-state index is 0.0181. The lowest BCUT2D eigenvalue weighted by atomic mass is 9.99. The zero-order valence-corrected chi connectivity index (χ0v) is 13.5. The number of carbonyl (C=O) groups excluding carboxylic acids is 1. The van der Waals surface area contributed by atoms with Crippen molar-refractivity contribution in [3.8, 4) is 0 Å². The van der Waals surface area contributed by atoms with E-state index in [0.29, 0.717) is 5.92 Å². The Kier molecular flexibility index (Phi) is 4.79. The SMILES string of the molecule is CC(C)CNC(=O)[C@H]1C[C@H]2CN(Cc3ccccc3)C[C@H]1O2. The fourth-order valence-corrected chi connectivity index (χ4v) is 3.42. The minimum absolute atomic E-state index is 0.0181. The molecule has 22 heavy (non-hydrogen) atoms. The highest BCUT2D eigenvalue weighted by atomic mass is 16.5. The molecule has 0 radical (unpaired) electrons. The molecule has 1 amide bonds. The van der Waals surface area contributed by atoms with Gasteiger partial charge in [0.2, 0.25) is 5.91 Å². The molecule has 0 aromatic heterocycles. The van der Waals surface area contributed by atoms with Crippen LogP contribution in [0, 0.1) is 11.8 Å². The van der Waals surface area contributed by atoms with E-state index >= 15 is 0 Å². The van der Waals surface area contributed by atoms with Gasteiger partial charge < -0.3 is 10.1 Å². The highest BCUT2D eigenvalue weighted by Crippen LogP contribution is 2.32. The number of benzene rings is 1. The summed E-state index contributed by atoms with van der Waals surface area (Å²) >= 11 is 0. The molecule has 1 N–H and O–H groups in total. The number of ether oxygens (including phenoxy) is 1. The minimum Gasteiger partial charge on any atom is -0.371 e. The van der Waals surface area contributed by atoms with Crippen molar-refractivity contribution in [2.45, 2.75) is 39.0 Å². The fraction of sp³-hybridized carbons (Fsp3) is 0.611. The van der Waals surface area contributed by atoms with Gasteiger partial charge in [0.1, 0.15) is 0 Å². The van der Waals surface area contributed by atoms with Crippen molar-refractivity contribution in [1.82, 2.24) is 10.2 Å². The Bertz CT molecular complexity index is 503. The molecule has 0 spiro atoms. The Balaban J connectivity index is 1.56. The number of fused-ring (bicyclic) bond motifs is 2. The van der Waals surface area contributed by atoms with Crippen LogP contribution in [0.15, 0.2) is 30.3 Å². The second kappa shape index (κ2) is 6.80. The molecular formula is C18H26N2O2. The van der Waals surface area contributed by atoms with Gasteiger partial charge in [0.25, 0.3) is 0 Å². The smallest absolute Gasteiger partial charge is 0.225 e. The molecule has 2 heterocycles. The third kappa shape index (κ3) is 3.68. The van der Waals surface area contributed by atoms with Crippen molar-refractivity contribution < 1.29 is 9.53 Å². The van der Waals surface area contributed by atoms with E-state index in [-0.39, 0.29) is 24.0 Å². The molecule has 120 valence electrons. The topological polar surface area (TPSA) is 41.6 Å². The zero-order valence-electron chi connectivity index (χ0n) is 13.5. The third-order valence-electron chi connectivity index (χ3n) is 4.50. The quantitative estimate of drug-likeness (QED) is 0.905. The summed E-state index contributed by atoms with van der Waals surface area (Å²) in [6, 6.07) is 10.5. The molecule has 0 unspecified atom stereocenters. The first kappa shape index (κ1) is 15.5. The number of nitrogens with zero attached hydrogens (tertiary/aromatic N) is 1. The Morgan fingerprint density at radius 3 is 2.82 bits per heavy atom. The summed E-state index contributed by atoms with van der Waals surface area (Å²) in [6.07, 6.45) is 1.12. The molecule has 2 aliphatic heterocycles. The number of rotatable bonds is 5. The van der Waals surface area contributed by atoms with E-state index in [9.17, 15) is 4.79 Å². The van der Waals surface area contributed by atoms with Crippen LogP contribution in [0.4, 0.5) is 0 Å². The second-order valence-electron chi connectivity index (χ2n) is 6.96. The third-order valence-corrected chi connectivity index (χ3v) is 4.50. The van der Waals surface area contributed by atoms with E-state index < -0.39 is 0 Å². The summed E-state index contributed by atoms with van der Waals surface area (Å²) in [4.78, 5) is 14.8. The highest BCUT2D eigenvalue weighted by molar-refractivity contribution is 5.79. The Labute approximate surface area is 132 Å². The lowest BCUT2D eigenvalue weighted by Gasteiger charge is -2.32. The maximum Gasteiger partial charge on any atom is 0.225 e. The molecule has 2 bridgehead atoms. The molecule has 3 rings (SSSR count). The first-order valence-electron chi connectivity index (χ1n) is 8.31. The van der Waals surface area contributed by atoms with Crippen molar-refractivity contribution in [3.63, 3.8) is 0 Å². The van der Waals surface area contributed by atoms with Crippen LogP contribution in [0.25, 0.3) is 0 Å². The van der Waals surface area contributed by atoms with Gasteiger partial charge in [0.15, 0.2) is 0 Å². The van der Waals surface area contributed by atoms with Crippen LogP contribution in [0.2, 0.25) is 0 Å². The van der Waals surface area contributed by atoms with Gasteiger partial charge in [-0.25, -0.2) is 0 Å². The van der Waals surface area contributed by atoms with Crippen LogP contribution < -0.4 is 5.32 Å². The maximum absolute atomic E-state index is 12.3. The summed E-state index contributed by atoms with van der Waals surface area (Å²) in [5.74, 6) is 0.674. The number of hydrogen-bond donors (Lipinski definition) is 1. The first-order valence-corrected chi connectivity index (χ1v) is 8.31. The molecule has 1 aromatic rings. The predicted molar refractivity (Wildman–Crippen MR) is 86.3 cm³/mol. The largest absolute Gasteiger partial charge is 0.371 e. The van der Waals surface area contributed by atoms with Gasteiger partial charge in [-0.2, -0.15) is 0 Å². The van der Waals surface area contributed by atoms with Gasteiger partial charge in [0, 0.05) is 26.2 Å². The number of morpholine rings is 1. The number of likely N-dealkylation sites (tertiary alicyclic amines) is 1. The average molecular weight is 302 g/mol. The van der Waals surface area contributed by atoms with E-state index in [2.05, 4.69) is 48.3 Å². The van der Waals surface area contributed by atoms with Gasteiger partial charge in [-0.05, 0) is 17.9 Å². The fourth-order valence-electron chi connectivity index (χ4n) is 3.42. The average Bonchev–Trinajstić information content (AvgIpc) is 2.80. The number of hydrogen-bond acceptors (Lipinski definition) is 3. The van der Waals surface area contributed by atoms with Crippen LogP contribution in [0.3, 0.4) is 0 Å². The highest BCUT2D eigenvalue weighted by Gasteiger charge is 2.44. The number of nitrogens with one attached hydrogen (secondary N) is 1. The van der Waals surface area contributed by atoms with Gasteiger partial charge in [-0.3, -0.25) is 9.69 Å². The summed E-state index contributed by atoms with van der Waals surface area (Å²) in [5, 5.41) is 3.06. The van der Waals surface area contributed by atoms with Crippen LogP contribution in [-0.2, 0) is 16.1 Å². The number of amides is 1. The summed E-state index contributed by atoms with van der Waals surface area (Å²) in [7, 11) is 0. The molecule has 0 saturated carbocycles. The van der Waals surface area contributed by atoms with Crippen molar-refractivity contribution in [2.75, 3.05) is 19.6 Å². The van der Waals surface area contributed by atoms with Crippen molar-refractivity contribution in [2.24, 2.45) is 11.8 Å². The van der Waals surface area contributed by atoms with Crippen molar-refractivity contribution in [1.29, 1.82) is 0 Å². The predicted octanol–water partition coefficient (Wildman–Crippen LogP) is 2.05. The molecule has 4 heteroatoms. The standard InChI is InChI=1S/C18H26N2O2/c1-13(2)9-19-18(21)16-8-15-11-20(12-17(16)22-15)10-14-6-4-3-5-7-14/h3-7,13,15-17H,8-12H2,1-2H3,(H,19,21)/t15-,16-,17+/m0/s1. The Morgan fingerprint density at radius 1 is 1.32 bits per heavy atom. The van der Waals surface area contributed by atoms with Crippen LogP contribution in [0.5, 0.6) is 0 Å². The van der Waals surface area contributed by atoms with E-state index in [1.807, 2.05) is 6.07 Å². The summed E-state index contributed by atoms with van der Waals surface area (Å²) in [6.45, 7) is 7.71. The Morgan fingerprint density at radius 2 is 2.09 bits per heavy atom. The van der Waals surface area contributed by atoms with E-state index in [4.69, 9.17) is 4.74 Å². The maximum atomic E-state index is 12.3. The lowest BCUT2D eigenvalue weighted by molar-refractivity contribution is -0.128. The van der Waals surface area contributed by atoms with Crippen LogP contribution >= 0.6 is 0 Å². The van der Waals surface area contributed by atoms with Gasteiger partial charge in [-0.15, -0.1) is 0 Å². The molecule has 1 aromatic carbocycles. The monoisotopic (exact) mass is 302 g/mol. The Hall–Kier alpha value is -1.39. The van der Waals surface area contributed by atoms with Crippen molar-refractivity contribution in [3.05, 3.63) is 35.9 Å². The van der Waals surface area contributed by atoms with Crippen LogP contribution in [-0.4, -0.2) is 42.6 Å². The molecule has 3 atom stereocenters. The van der Waals surface area contributed by atoms with Gasteiger partial charge >= 0.3 is 0 Å². The number of carbonyl (C=O) groups is 1. The van der Waals surface area contributed by atoms with Crippen LogP contribution in [0.1, 0.15) is 25.8 Å². The van der Waals surface area contributed by atoms with E-state index in [0.717, 1.165) is 32.6 Å². The van der Waals surface area contributed by atoms with E-state index in [1.165, 1.54) is 5.56 Å². The molecule has 0 aliphatic carbocycles. The second-order valence-corrected chi connectivity index (χ2v) is 6.96. The zero-order chi connectivity index (χ0) is 15.5. The molecular weight excluding hydrogens is 276 g/mol. The van der Waals surface area contributed by atoms with E-state index in [1.54, 1.807) is 0 Å². The summed E-state index contributed by atoms with van der Waals surface area (Å²) in [5.41, 5.74) is 1.32. The van der Waals surface area contributed by atoms with Crippen molar-refractivity contribution >= 4 is 5.91 Å². The van der Waals surface area contributed by atoms with Gasteiger partial charge in [0.05, 0.1) is 18.1 Å². The molecule has 2 fully saturated rings.